The van der Waals surface area contributed by atoms with Crippen LogP contribution in [0.2, 0.25) is 0 Å². The second-order valence-corrected chi connectivity index (χ2v) is 9.71. The number of likely N-dealkylation sites (tertiary alicyclic amines) is 1. The molecule has 5 rings (SSSR count). The van der Waals surface area contributed by atoms with Crippen molar-refractivity contribution in [1.29, 1.82) is 0 Å². The van der Waals surface area contributed by atoms with Crippen molar-refractivity contribution in [1.82, 2.24) is 19.4 Å². The number of nitrogens with one attached hydrogen (secondary N) is 1. The summed E-state index contributed by atoms with van der Waals surface area (Å²) in [7, 11) is 0. The number of alkyl halides is 3. The van der Waals surface area contributed by atoms with E-state index in [1.54, 1.807) is 30.6 Å². The number of H-pyrrole nitrogens is 1. The molecule has 1 saturated carbocycles. The SMILES string of the molecule is Cc1ncccc1-c1cn(CCCCN2C[C@@H]3C[C@]3(c3ccc(C(F)(F)F)cc3)C2)c(=O)[nH]c1=O.Cl.Cl. The van der Waals surface area contributed by atoms with E-state index in [1.807, 2.05) is 13.0 Å². The third kappa shape index (κ3) is 5.78. The summed E-state index contributed by atoms with van der Waals surface area (Å²) in [5.41, 5.74) is 1.37. The molecule has 1 N–H and O–H groups in total. The molecule has 1 aliphatic heterocycles. The lowest BCUT2D eigenvalue weighted by Gasteiger charge is -2.21. The molecular formula is C26H29Cl2F3N4O2. The third-order valence-electron chi connectivity index (χ3n) is 7.43. The minimum absolute atomic E-state index is 0. The normalized spacial score (nSPS) is 20.6. The maximum Gasteiger partial charge on any atom is 0.416 e. The molecule has 37 heavy (non-hydrogen) atoms. The molecule has 0 amide bonds. The Bertz CT molecular complexity index is 1360. The zero-order chi connectivity index (χ0) is 24.8. The lowest BCUT2D eigenvalue weighted by atomic mass is 9.94. The van der Waals surface area contributed by atoms with Crippen LogP contribution < -0.4 is 11.2 Å². The van der Waals surface area contributed by atoms with Gasteiger partial charge in [0.2, 0.25) is 0 Å². The van der Waals surface area contributed by atoms with Crippen LogP contribution in [0, 0.1) is 12.8 Å². The number of piperidine rings is 1. The fourth-order valence-corrected chi connectivity index (χ4v) is 5.45. The molecule has 1 aliphatic carbocycles. The van der Waals surface area contributed by atoms with Gasteiger partial charge in [0.1, 0.15) is 0 Å². The van der Waals surface area contributed by atoms with Gasteiger partial charge in [-0.2, -0.15) is 13.2 Å². The van der Waals surface area contributed by atoms with Gasteiger partial charge in [-0.05, 0) is 62.4 Å². The Balaban J connectivity index is 0.00000190. The largest absolute Gasteiger partial charge is 0.416 e. The predicted molar refractivity (Wildman–Crippen MR) is 141 cm³/mol. The first-order valence-electron chi connectivity index (χ1n) is 11.8. The number of benzene rings is 1. The highest BCUT2D eigenvalue weighted by Gasteiger charge is 2.60. The van der Waals surface area contributed by atoms with Crippen molar-refractivity contribution < 1.29 is 13.2 Å². The summed E-state index contributed by atoms with van der Waals surface area (Å²) >= 11 is 0. The average Bonchev–Trinajstić information content (AvgIpc) is 3.39. The first-order valence-corrected chi connectivity index (χ1v) is 11.8. The van der Waals surface area contributed by atoms with Crippen LogP contribution in [-0.4, -0.2) is 39.1 Å². The zero-order valence-corrected chi connectivity index (χ0v) is 21.9. The van der Waals surface area contributed by atoms with Gasteiger partial charge in [-0.1, -0.05) is 18.2 Å². The summed E-state index contributed by atoms with van der Waals surface area (Å²) in [5.74, 6) is 0.492. The highest BCUT2D eigenvalue weighted by molar-refractivity contribution is 5.85. The topological polar surface area (TPSA) is 71.0 Å². The molecule has 1 aromatic carbocycles. The molecule has 3 heterocycles. The summed E-state index contributed by atoms with van der Waals surface area (Å²) in [6.07, 6.45) is 1.63. The van der Waals surface area contributed by atoms with E-state index < -0.39 is 23.0 Å². The number of rotatable bonds is 7. The Labute approximate surface area is 224 Å². The van der Waals surface area contributed by atoms with Crippen molar-refractivity contribution in [3.8, 4) is 11.1 Å². The van der Waals surface area contributed by atoms with E-state index in [1.165, 1.54) is 16.7 Å². The number of halogens is 5. The molecule has 2 fully saturated rings. The maximum atomic E-state index is 12.9. The Morgan fingerprint density at radius 1 is 1.05 bits per heavy atom. The van der Waals surface area contributed by atoms with Crippen LogP contribution in [0.3, 0.4) is 0 Å². The third-order valence-corrected chi connectivity index (χ3v) is 7.43. The lowest BCUT2D eigenvalue weighted by molar-refractivity contribution is -0.137. The summed E-state index contributed by atoms with van der Waals surface area (Å²) in [4.78, 5) is 33.6. The molecule has 2 aromatic heterocycles. The van der Waals surface area contributed by atoms with Crippen molar-refractivity contribution in [3.63, 3.8) is 0 Å². The Morgan fingerprint density at radius 3 is 2.43 bits per heavy atom. The average molecular weight is 557 g/mol. The van der Waals surface area contributed by atoms with Crippen molar-refractivity contribution in [2.45, 2.75) is 44.3 Å². The molecule has 11 heteroatoms. The maximum absolute atomic E-state index is 12.9. The van der Waals surface area contributed by atoms with Crippen molar-refractivity contribution >= 4 is 24.8 Å². The molecule has 3 aromatic rings. The number of aromatic amines is 1. The van der Waals surface area contributed by atoms with Gasteiger partial charge in [0.05, 0.1) is 11.1 Å². The van der Waals surface area contributed by atoms with Gasteiger partial charge >= 0.3 is 11.9 Å². The van der Waals surface area contributed by atoms with Crippen LogP contribution in [0.4, 0.5) is 13.2 Å². The van der Waals surface area contributed by atoms with Crippen molar-refractivity contribution in [2.24, 2.45) is 5.92 Å². The van der Waals surface area contributed by atoms with Crippen LogP contribution in [0.25, 0.3) is 11.1 Å². The fourth-order valence-electron chi connectivity index (χ4n) is 5.45. The van der Waals surface area contributed by atoms with Gasteiger partial charge < -0.3 is 4.90 Å². The first kappa shape index (κ1) is 28.9. The molecule has 200 valence electrons. The molecule has 0 spiro atoms. The molecule has 0 radical (unpaired) electrons. The second-order valence-electron chi connectivity index (χ2n) is 9.71. The molecule has 0 unspecified atom stereocenters. The predicted octanol–water partition coefficient (Wildman–Crippen LogP) is 4.82. The van der Waals surface area contributed by atoms with E-state index in [-0.39, 0.29) is 30.2 Å². The second kappa shape index (κ2) is 11.0. The summed E-state index contributed by atoms with van der Waals surface area (Å²) in [6, 6.07) is 9.21. The Hall–Kier alpha value is -2.62. The van der Waals surface area contributed by atoms with Gasteiger partial charge in [0.25, 0.3) is 5.56 Å². The van der Waals surface area contributed by atoms with Crippen LogP contribution in [0.15, 0.2) is 58.4 Å². The standard InChI is InChI=1S/C26H27F3N4O2.2ClH/c1-17-21(5-4-10-30-17)22-15-33(24(35)31-23(22)34)12-3-2-11-32-14-20-13-25(20,16-32)18-6-8-19(9-7-18)26(27,28)29;;/h4-10,15,20H,2-3,11-14,16H2,1H3,(H,31,34,35);2*1H/t20-,25+;;/m0../s1. The molecule has 2 aliphatic rings. The highest BCUT2D eigenvalue weighted by Crippen LogP contribution is 2.59. The van der Waals surface area contributed by atoms with Gasteiger partial charge in [-0.25, -0.2) is 4.79 Å². The number of aryl methyl sites for hydroxylation is 2. The summed E-state index contributed by atoms with van der Waals surface area (Å²) in [5, 5.41) is 0. The molecular weight excluding hydrogens is 528 g/mol. The van der Waals surface area contributed by atoms with E-state index in [0.29, 0.717) is 23.6 Å². The van der Waals surface area contributed by atoms with Crippen LogP contribution in [-0.2, 0) is 18.1 Å². The van der Waals surface area contributed by atoms with E-state index in [4.69, 9.17) is 0 Å². The van der Waals surface area contributed by atoms with E-state index >= 15 is 0 Å². The fraction of sp³-hybridized carbons (Fsp3) is 0.423. The number of aromatic nitrogens is 3. The Morgan fingerprint density at radius 2 is 1.76 bits per heavy atom. The van der Waals surface area contributed by atoms with Gasteiger partial charge in [-0.3, -0.25) is 19.3 Å². The smallest absolute Gasteiger partial charge is 0.302 e. The zero-order valence-electron chi connectivity index (χ0n) is 20.3. The van der Waals surface area contributed by atoms with E-state index in [0.717, 1.165) is 50.2 Å². The molecule has 2 atom stereocenters. The minimum Gasteiger partial charge on any atom is -0.302 e. The Kier molecular flexibility index (Phi) is 8.61. The highest BCUT2D eigenvalue weighted by atomic mass is 35.5. The monoisotopic (exact) mass is 556 g/mol. The van der Waals surface area contributed by atoms with Crippen LogP contribution in [0.5, 0.6) is 0 Å². The summed E-state index contributed by atoms with van der Waals surface area (Å²) in [6.45, 7) is 4.98. The number of pyridine rings is 1. The molecule has 0 bridgehead atoms. The van der Waals surface area contributed by atoms with Gasteiger partial charge in [-0.15, -0.1) is 24.8 Å². The number of unbranched alkanes of at least 4 members (excludes halogenated alkanes) is 1. The van der Waals surface area contributed by atoms with Crippen LogP contribution in [0.1, 0.15) is 36.1 Å². The number of fused-ring (bicyclic) bond motifs is 1. The molecule has 1 saturated heterocycles. The minimum atomic E-state index is -4.31. The molecule has 6 nitrogen and oxygen atoms in total. The number of nitrogens with zero attached hydrogens (tertiary/aromatic N) is 3. The van der Waals surface area contributed by atoms with Gasteiger partial charge in [0, 0.05) is 48.7 Å². The van der Waals surface area contributed by atoms with E-state index in [9.17, 15) is 22.8 Å². The van der Waals surface area contributed by atoms with E-state index in [2.05, 4.69) is 14.9 Å². The van der Waals surface area contributed by atoms with Crippen molar-refractivity contribution in [3.05, 3.63) is 86.5 Å². The summed E-state index contributed by atoms with van der Waals surface area (Å²) < 4.78 is 40.2. The van der Waals surface area contributed by atoms with Gasteiger partial charge in [0.15, 0.2) is 0 Å². The van der Waals surface area contributed by atoms with Crippen molar-refractivity contribution in [2.75, 3.05) is 19.6 Å². The first-order chi connectivity index (χ1) is 16.7. The number of hydrogen-bond acceptors (Lipinski definition) is 4. The quantitative estimate of drug-likeness (QED) is 0.423. The van der Waals surface area contributed by atoms with Crippen LogP contribution >= 0.6 is 24.8 Å². The lowest BCUT2D eigenvalue weighted by Crippen LogP contribution is -2.31. The number of hydrogen-bond donors (Lipinski definition) is 1.